The summed E-state index contributed by atoms with van der Waals surface area (Å²) < 4.78 is 19.3. The van der Waals surface area contributed by atoms with Crippen LogP contribution in [0.4, 0.5) is 0 Å². The number of aromatic nitrogens is 2. The van der Waals surface area contributed by atoms with E-state index in [4.69, 9.17) is 24.1 Å². The fourth-order valence-corrected chi connectivity index (χ4v) is 4.63. The topological polar surface area (TPSA) is 103 Å². The molecule has 0 unspecified atom stereocenters. The SMILES string of the molecule is COc1cc(C=Nn2c(-c3cc4ccccc4o3)nc3ccccc3c2=O)c(Br)c(Br)c1OCC#N. The standard InChI is InChI=1S/C26H16Br2N4O4/c1-34-20-13-16(22(27)23(28)24(20)35-11-10-29)14-30-32-25(21-12-15-6-2-5-9-19(15)36-21)31-18-8-4-3-7-17(18)26(32)33/h2-9,12-14H,11H2,1H3. The van der Waals surface area contributed by atoms with Crippen LogP contribution in [-0.4, -0.2) is 29.6 Å². The van der Waals surface area contributed by atoms with Gasteiger partial charge in [-0.1, -0.05) is 30.3 Å². The van der Waals surface area contributed by atoms with Crippen molar-refractivity contribution in [2.75, 3.05) is 13.7 Å². The van der Waals surface area contributed by atoms with Crippen LogP contribution in [0.5, 0.6) is 11.5 Å². The zero-order chi connectivity index (χ0) is 25.2. The fraction of sp³-hybridized carbons (Fsp3) is 0.0769. The van der Waals surface area contributed by atoms with Crippen molar-refractivity contribution < 1.29 is 13.9 Å². The van der Waals surface area contributed by atoms with Crippen LogP contribution in [-0.2, 0) is 0 Å². The Kier molecular flexibility index (Phi) is 6.59. The molecular weight excluding hydrogens is 592 g/mol. The molecule has 5 rings (SSSR count). The molecule has 8 nitrogen and oxygen atoms in total. The highest BCUT2D eigenvalue weighted by atomic mass is 79.9. The van der Waals surface area contributed by atoms with Gasteiger partial charge in [0.05, 0.1) is 28.7 Å². The van der Waals surface area contributed by atoms with E-state index in [0.29, 0.717) is 48.3 Å². The number of fused-ring (bicyclic) bond motifs is 2. The molecule has 0 radical (unpaired) electrons. The van der Waals surface area contributed by atoms with Gasteiger partial charge < -0.3 is 13.9 Å². The lowest BCUT2D eigenvalue weighted by atomic mass is 10.2. The average Bonchev–Trinajstić information content (AvgIpc) is 3.34. The molecule has 10 heteroatoms. The zero-order valence-electron chi connectivity index (χ0n) is 18.7. The van der Waals surface area contributed by atoms with Crippen molar-refractivity contribution in [2.45, 2.75) is 0 Å². The summed E-state index contributed by atoms with van der Waals surface area (Å²) in [7, 11) is 1.49. The second-order valence-electron chi connectivity index (χ2n) is 7.53. The van der Waals surface area contributed by atoms with E-state index in [1.165, 1.54) is 18.0 Å². The second kappa shape index (κ2) is 9.97. The van der Waals surface area contributed by atoms with Crippen LogP contribution < -0.4 is 15.0 Å². The predicted molar refractivity (Wildman–Crippen MR) is 144 cm³/mol. The summed E-state index contributed by atoms with van der Waals surface area (Å²) in [6, 6.07) is 20.1. The molecule has 0 aliphatic rings. The Morgan fingerprint density at radius 1 is 1.14 bits per heavy atom. The lowest BCUT2D eigenvalue weighted by molar-refractivity contribution is 0.327. The molecule has 178 valence electrons. The lowest BCUT2D eigenvalue weighted by Gasteiger charge is -2.13. The number of nitriles is 1. The van der Waals surface area contributed by atoms with E-state index in [1.54, 1.807) is 24.3 Å². The number of ether oxygens (including phenoxy) is 2. The molecule has 2 heterocycles. The average molecular weight is 608 g/mol. The van der Waals surface area contributed by atoms with Gasteiger partial charge in [0.15, 0.2) is 23.9 Å². The number of hydrogen-bond acceptors (Lipinski definition) is 7. The number of rotatable bonds is 6. The highest BCUT2D eigenvalue weighted by molar-refractivity contribution is 9.13. The van der Waals surface area contributed by atoms with Gasteiger partial charge in [-0.3, -0.25) is 4.79 Å². The van der Waals surface area contributed by atoms with E-state index in [2.05, 4.69) is 37.0 Å². The van der Waals surface area contributed by atoms with Crippen LogP contribution in [0.15, 0.2) is 83.9 Å². The Bertz CT molecular complexity index is 1720. The van der Waals surface area contributed by atoms with Crippen molar-refractivity contribution in [1.82, 2.24) is 9.66 Å². The first-order valence-electron chi connectivity index (χ1n) is 10.6. The summed E-state index contributed by atoms with van der Waals surface area (Å²) >= 11 is 7.00. The van der Waals surface area contributed by atoms with Crippen molar-refractivity contribution in [2.24, 2.45) is 5.10 Å². The van der Waals surface area contributed by atoms with Gasteiger partial charge in [-0.15, -0.1) is 0 Å². The molecule has 3 aromatic carbocycles. The molecule has 0 saturated carbocycles. The van der Waals surface area contributed by atoms with Gasteiger partial charge in [0.1, 0.15) is 11.7 Å². The third kappa shape index (κ3) is 4.27. The Hall–Kier alpha value is -3.94. The molecule has 5 aromatic rings. The number of halogens is 2. The monoisotopic (exact) mass is 606 g/mol. The minimum Gasteiger partial charge on any atom is -0.493 e. The first-order valence-corrected chi connectivity index (χ1v) is 12.2. The molecule has 0 bridgehead atoms. The quantitative estimate of drug-likeness (QED) is 0.215. The first kappa shape index (κ1) is 23.8. The number of nitrogens with zero attached hydrogens (tertiary/aromatic N) is 4. The molecular formula is C26H16Br2N4O4. The van der Waals surface area contributed by atoms with Gasteiger partial charge in [-0.25, -0.2) is 4.98 Å². The molecule has 0 saturated heterocycles. The summed E-state index contributed by atoms with van der Waals surface area (Å²) in [5.41, 5.74) is 1.46. The van der Waals surface area contributed by atoms with Crippen molar-refractivity contribution in [1.29, 1.82) is 5.26 Å². The first-order chi connectivity index (χ1) is 17.5. The number of hydrogen-bond donors (Lipinski definition) is 0. The summed E-state index contributed by atoms with van der Waals surface area (Å²) in [6.45, 7) is -0.145. The van der Waals surface area contributed by atoms with Crippen LogP contribution in [0, 0.1) is 11.3 Å². The highest BCUT2D eigenvalue weighted by Gasteiger charge is 2.19. The number of para-hydroxylation sites is 2. The van der Waals surface area contributed by atoms with Crippen molar-refractivity contribution in [3.05, 3.63) is 85.5 Å². The smallest absolute Gasteiger partial charge is 0.282 e. The molecule has 0 aliphatic heterocycles. The summed E-state index contributed by atoms with van der Waals surface area (Å²) in [4.78, 5) is 18.2. The summed E-state index contributed by atoms with van der Waals surface area (Å²) in [5, 5.41) is 14.7. The van der Waals surface area contributed by atoms with Gasteiger partial charge in [-0.2, -0.15) is 15.0 Å². The third-order valence-corrected chi connectivity index (χ3v) is 7.51. The highest BCUT2D eigenvalue weighted by Crippen LogP contribution is 2.42. The summed E-state index contributed by atoms with van der Waals surface area (Å²) in [6.07, 6.45) is 1.51. The molecule has 0 N–H and O–H groups in total. The van der Waals surface area contributed by atoms with Crippen LogP contribution in [0.25, 0.3) is 33.5 Å². The van der Waals surface area contributed by atoms with Gasteiger partial charge in [-0.05, 0) is 62.2 Å². The van der Waals surface area contributed by atoms with Crippen molar-refractivity contribution in [3.8, 4) is 29.2 Å². The lowest BCUT2D eigenvalue weighted by Crippen LogP contribution is -2.20. The van der Waals surface area contributed by atoms with E-state index >= 15 is 0 Å². The molecule has 0 amide bonds. The maximum Gasteiger partial charge on any atom is 0.282 e. The van der Waals surface area contributed by atoms with Gasteiger partial charge >= 0.3 is 0 Å². The molecule has 0 aliphatic carbocycles. The minimum atomic E-state index is -0.344. The fourth-order valence-electron chi connectivity index (χ4n) is 3.69. The van der Waals surface area contributed by atoms with E-state index in [1.807, 2.05) is 42.5 Å². The van der Waals surface area contributed by atoms with E-state index in [0.717, 1.165) is 5.39 Å². The van der Waals surface area contributed by atoms with Crippen molar-refractivity contribution >= 4 is 59.9 Å². The van der Waals surface area contributed by atoms with Gasteiger partial charge in [0.25, 0.3) is 5.56 Å². The van der Waals surface area contributed by atoms with Crippen LogP contribution in [0.2, 0.25) is 0 Å². The molecule has 36 heavy (non-hydrogen) atoms. The Labute approximate surface area is 221 Å². The number of benzene rings is 3. The van der Waals surface area contributed by atoms with Crippen LogP contribution in [0.1, 0.15) is 5.56 Å². The van der Waals surface area contributed by atoms with Crippen molar-refractivity contribution in [3.63, 3.8) is 0 Å². The Balaban J connectivity index is 1.69. The maximum absolute atomic E-state index is 13.5. The Morgan fingerprint density at radius 2 is 1.92 bits per heavy atom. The van der Waals surface area contributed by atoms with E-state index < -0.39 is 0 Å². The third-order valence-electron chi connectivity index (χ3n) is 5.37. The second-order valence-corrected chi connectivity index (χ2v) is 9.12. The summed E-state index contributed by atoms with van der Waals surface area (Å²) in [5.74, 6) is 1.44. The van der Waals surface area contributed by atoms with Gasteiger partial charge in [0.2, 0.25) is 5.82 Å². The minimum absolute atomic E-state index is 0.145. The molecule has 2 aromatic heterocycles. The van der Waals surface area contributed by atoms with Crippen LogP contribution >= 0.6 is 31.9 Å². The van der Waals surface area contributed by atoms with Gasteiger partial charge in [0, 0.05) is 15.4 Å². The zero-order valence-corrected chi connectivity index (χ0v) is 21.9. The molecule has 0 fully saturated rings. The molecule has 0 spiro atoms. The molecule has 0 atom stereocenters. The van der Waals surface area contributed by atoms with E-state index in [-0.39, 0.29) is 18.0 Å². The Morgan fingerprint density at radius 3 is 2.69 bits per heavy atom. The normalized spacial score (nSPS) is 11.3. The van der Waals surface area contributed by atoms with Crippen LogP contribution in [0.3, 0.4) is 0 Å². The predicted octanol–water partition coefficient (Wildman–Crippen LogP) is 6.13. The van der Waals surface area contributed by atoms with E-state index in [9.17, 15) is 4.79 Å². The maximum atomic E-state index is 13.5. The number of furan rings is 1. The number of methoxy groups -OCH3 is 1. The largest absolute Gasteiger partial charge is 0.493 e.